The molecule has 0 fully saturated rings. The molecular formula is C14H12BrFN2O2. The molecule has 0 aliphatic heterocycles. The third-order valence-electron chi connectivity index (χ3n) is 2.67. The molecule has 0 saturated heterocycles. The van der Waals surface area contributed by atoms with Gasteiger partial charge in [-0.05, 0) is 24.3 Å². The maximum Gasteiger partial charge on any atom is 0.173 e. The Morgan fingerprint density at radius 2 is 2.05 bits per heavy atom. The minimum absolute atomic E-state index is 0.0556. The minimum Gasteiger partial charge on any atom is -0.488 e. The van der Waals surface area contributed by atoms with E-state index in [0.29, 0.717) is 16.9 Å². The Bertz CT molecular complexity index is 647. The van der Waals surface area contributed by atoms with Gasteiger partial charge in [-0.2, -0.15) is 0 Å². The smallest absolute Gasteiger partial charge is 0.173 e. The highest BCUT2D eigenvalue weighted by Gasteiger charge is 2.10. The van der Waals surface area contributed by atoms with Crippen molar-refractivity contribution >= 4 is 21.8 Å². The molecule has 2 rings (SSSR count). The maximum absolute atomic E-state index is 13.5. The summed E-state index contributed by atoms with van der Waals surface area (Å²) in [6, 6.07) is 11.4. The van der Waals surface area contributed by atoms with Gasteiger partial charge < -0.3 is 15.7 Å². The highest BCUT2D eigenvalue weighted by atomic mass is 79.9. The van der Waals surface area contributed by atoms with E-state index in [1.807, 2.05) is 0 Å². The van der Waals surface area contributed by atoms with Gasteiger partial charge in [-0.25, -0.2) is 4.39 Å². The average molecular weight is 339 g/mol. The number of benzene rings is 2. The van der Waals surface area contributed by atoms with Gasteiger partial charge in [0.1, 0.15) is 18.2 Å². The molecule has 0 atom stereocenters. The molecule has 0 saturated carbocycles. The SMILES string of the molecule is N/C(=N/O)c1cc(Br)ccc1OCc1ccccc1F. The Morgan fingerprint density at radius 1 is 1.30 bits per heavy atom. The monoisotopic (exact) mass is 338 g/mol. The maximum atomic E-state index is 13.5. The van der Waals surface area contributed by atoms with Gasteiger partial charge in [-0.15, -0.1) is 0 Å². The quantitative estimate of drug-likeness (QED) is 0.389. The summed E-state index contributed by atoms with van der Waals surface area (Å²) < 4.78 is 19.8. The molecule has 3 N–H and O–H groups in total. The summed E-state index contributed by atoms with van der Waals surface area (Å²) in [5, 5.41) is 11.7. The summed E-state index contributed by atoms with van der Waals surface area (Å²) in [5.74, 6) is -0.00320. The summed E-state index contributed by atoms with van der Waals surface area (Å²) in [5.41, 5.74) is 6.45. The molecule has 2 aromatic rings. The lowest BCUT2D eigenvalue weighted by atomic mass is 10.2. The predicted octanol–water partition coefficient (Wildman–Crippen LogP) is 3.26. The minimum atomic E-state index is -0.338. The van der Waals surface area contributed by atoms with Crippen LogP contribution < -0.4 is 10.5 Å². The van der Waals surface area contributed by atoms with E-state index in [4.69, 9.17) is 15.7 Å². The highest BCUT2D eigenvalue weighted by Crippen LogP contribution is 2.24. The van der Waals surface area contributed by atoms with E-state index in [0.717, 1.165) is 4.47 Å². The Kier molecular flexibility index (Phi) is 4.57. The number of nitrogens with two attached hydrogens (primary N) is 1. The number of hydrogen-bond acceptors (Lipinski definition) is 3. The van der Waals surface area contributed by atoms with Crippen molar-refractivity contribution in [2.45, 2.75) is 6.61 Å². The van der Waals surface area contributed by atoms with E-state index < -0.39 is 0 Å². The Labute approximate surface area is 123 Å². The number of amidine groups is 1. The van der Waals surface area contributed by atoms with Crippen LogP contribution in [0.3, 0.4) is 0 Å². The molecule has 0 radical (unpaired) electrons. The van der Waals surface area contributed by atoms with Crippen LogP contribution in [0.1, 0.15) is 11.1 Å². The van der Waals surface area contributed by atoms with Crippen LogP contribution in [0, 0.1) is 5.82 Å². The van der Waals surface area contributed by atoms with Crippen molar-refractivity contribution in [2.75, 3.05) is 0 Å². The van der Waals surface area contributed by atoms with Crippen molar-refractivity contribution in [2.24, 2.45) is 10.9 Å². The first-order valence-electron chi connectivity index (χ1n) is 5.75. The largest absolute Gasteiger partial charge is 0.488 e. The van der Waals surface area contributed by atoms with Gasteiger partial charge in [0.15, 0.2) is 5.84 Å². The van der Waals surface area contributed by atoms with Gasteiger partial charge in [-0.3, -0.25) is 0 Å². The van der Waals surface area contributed by atoms with Gasteiger partial charge in [0.05, 0.1) is 5.56 Å². The van der Waals surface area contributed by atoms with Gasteiger partial charge in [-0.1, -0.05) is 39.3 Å². The fraction of sp³-hybridized carbons (Fsp3) is 0.0714. The number of oxime groups is 1. The molecule has 0 aliphatic carbocycles. The molecule has 0 aliphatic rings. The molecule has 20 heavy (non-hydrogen) atoms. The van der Waals surface area contributed by atoms with Crippen molar-refractivity contribution < 1.29 is 14.3 Å². The second kappa shape index (κ2) is 6.38. The van der Waals surface area contributed by atoms with Crippen molar-refractivity contribution in [3.8, 4) is 5.75 Å². The molecule has 0 bridgehead atoms. The zero-order valence-electron chi connectivity index (χ0n) is 10.4. The van der Waals surface area contributed by atoms with E-state index >= 15 is 0 Å². The lowest BCUT2D eigenvalue weighted by Crippen LogP contribution is -2.15. The van der Waals surface area contributed by atoms with Gasteiger partial charge in [0.25, 0.3) is 0 Å². The summed E-state index contributed by atoms with van der Waals surface area (Å²) in [7, 11) is 0. The first-order chi connectivity index (χ1) is 9.61. The first kappa shape index (κ1) is 14.3. The topological polar surface area (TPSA) is 67.8 Å². The van der Waals surface area contributed by atoms with Gasteiger partial charge in [0.2, 0.25) is 0 Å². The van der Waals surface area contributed by atoms with Crippen LogP contribution in [-0.2, 0) is 6.61 Å². The zero-order valence-corrected chi connectivity index (χ0v) is 12.0. The van der Waals surface area contributed by atoms with Crippen LogP contribution in [0.15, 0.2) is 52.1 Å². The second-order valence-electron chi connectivity index (χ2n) is 4.01. The lowest BCUT2D eigenvalue weighted by Gasteiger charge is -2.11. The fourth-order valence-electron chi connectivity index (χ4n) is 1.65. The molecule has 0 amide bonds. The molecule has 0 spiro atoms. The van der Waals surface area contributed by atoms with Crippen molar-refractivity contribution in [3.63, 3.8) is 0 Å². The van der Waals surface area contributed by atoms with Crippen LogP contribution in [0.25, 0.3) is 0 Å². The molecule has 0 aromatic heterocycles. The number of halogens is 2. The summed E-state index contributed by atoms with van der Waals surface area (Å²) in [4.78, 5) is 0. The van der Waals surface area contributed by atoms with E-state index in [-0.39, 0.29) is 18.3 Å². The van der Waals surface area contributed by atoms with E-state index in [2.05, 4.69) is 21.1 Å². The third-order valence-corrected chi connectivity index (χ3v) is 3.16. The zero-order chi connectivity index (χ0) is 14.5. The van der Waals surface area contributed by atoms with Gasteiger partial charge >= 0.3 is 0 Å². The molecule has 0 heterocycles. The summed E-state index contributed by atoms with van der Waals surface area (Å²) in [6.07, 6.45) is 0. The Hall–Kier alpha value is -2.08. The Balaban J connectivity index is 2.24. The normalized spacial score (nSPS) is 11.4. The first-order valence-corrected chi connectivity index (χ1v) is 6.54. The summed E-state index contributed by atoms with van der Waals surface area (Å²) >= 11 is 3.29. The van der Waals surface area contributed by atoms with Crippen LogP contribution in [0.4, 0.5) is 4.39 Å². The molecular weight excluding hydrogens is 327 g/mol. The van der Waals surface area contributed by atoms with E-state index in [1.165, 1.54) is 6.07 Å². The molecule has 6 heteroatoms. The van der Waals surface area contributed by atoms with Crippen molar-refractivity contribution in [1.82, 2.24) is 0 Å². The lowest BCUT2D eigenvalue weighted by molar-refractivity contribution is 0.297. The highest BCUT2D eigenvalue weighted by molar-refractivity contribution is 9.10. The number of ether oxygens (including phenoxy) is 1. The molecule has 104 valence electrons. The Morgan fingerprint density at radius 3 is 2.75 bits per heavy atom. The fourth-order valence-corrected chi connectivity index (χ4v) is 2.01. The van der Waals surface area contributed by atoms with Crippen LogP contribution in [0.2, 0.25) is 0 Å². The molecule has 0 unspecified atom stereocenters. The third kappa shape index (κ3) is 3.27. The number of nitrogens with zero attached hydrogens (tertiary/aromatic N) is 1. The number of hydrogen-bond donors (Lipinski definition) is 2. The number of rotatable bonds is 4. The van der Waals surface area contributed by atoms with Crippen LogP contribution in [-0.4, -0.2) is 11.0 Å². The average Bonchev–Trinajstić information content (AvgIpc) is 2.46. The van der Waals surface area contributed by atoms with Crippen LogP contribution in [0.5, 0.6) is 5.75 Å². The predicted molar refractivity (Wildman–Crippen MR) is 77.4 cm³/mol. The summed E-state index contributed by atoms with van der Waals surface area (Å²) in [6.45, 7) is 0.0556. The molecule has 2 aromatic carbocycles. The van der Waals surface area contributed by atoms with Crippen molar-refractivity contribution in [1.29, 1.82) is 0 Å². The molecule has 4 nitrogen and oxygen atoms in total. The standard InChI is InChI=1S/C14H12BrFN2O2/c15-10-5-6-13(11(7-10)14(17)18-19)20-8-9-3-1-2-4-12(9)16/h1-7,19H,8H2,(H2,17,18). The van der Waals surface area contributed by atoms with E-state index in [9.17, 15) is 4.39 Å². The van der Waals surface area contributed by atoms with Gasteiger partial charge in [0, 0.05) is 10.0 Å². The van der Waals surface area contributed by atoms with Crippen molar-refractivity contribution in [3.05, 3.63) is 63.9 Å². The van der Waals surface area contributed by atoms with E-state index in [1.54, 1.807) is 36.4 Å². The van der Waals surface area contributed by atoms with Crippen LogP contribution >= 0.6 is 15.9 Å². The second-order valence-corrected chi connectivity index (χ2v) is 4.92.